The van der Waals surface area contributed by atoms with Gasteiger partial charge in [0.15, 0.2) is 0 Å². The molecule has 2 aromatic rings. The van der Waals surface area contributed by atoms with E-state index < -0.39 is 0 Å². The zero-order chi connectivity index (χ0) is 15.2. The molecule has 0 amide bonds. The highest BCUT2D eigenvalue weighted by molar-refractivity contribution is 6.31. The maximum Gasteiger partial charge on any atom is 0.117 e. The van der Waals surface area contributed by atoms with E-state index in [1.807, 2.05) is 18.2 Å². The smallest absolute Gasteiger partial charge is 0.117 e. The first-order chi connectivity index (χ1) is 9.95. The van der Waals surface area contributed by atoms with Crippen molar-refractivity contribution in [2.45, 2.75) is 45.6 Å². The van der Waals surface area contributed by atoms with Crippen molar-refractivity contribution in [3.8, 4) is 0 Å². The Hall–Kier alpha value is -1.06. The Morgan fingerprint density at radius 3 is 2.62 bits per heavy atom. The molecule has 3 nitrogen and oxygen atoms in total. The number of benzene rings is 1. The average Bonchev–Trinajstić information content (AvgIpc) is 3.02. The number of fused-ring (bicyclic) bond motifs is 1. The first-order valence-electron chi connectivity index (χ1n) is 7.84. The Morgan fingerprint density at radius 2 is 2.05 bits per heavy atom. The van der Waals surface area contributed by atoms with Gasteiger partial charge in [0.2, 0.25) is 0 Å². The minimum atomic E-state index is 0.121. The molecule has 1 N–H and O–H groups in total. The molecular formula is C17H24ClN3. The molecule has 1 aliphatic rings. The first kappa shape index (κ1) is 14.9. The summed E-state index contributed by atoms with van der Waals surface area (Å²) in [5.41, 5.74) is 2.32. The monoisotopic (exact) mass is 305 g/mol. The van der Waals surface area contributed by atoms with Gasteiger partial charge in [0.1, 0.15) is 5.82 Å². The molecule has 1 fully saturated rings. The molecule has 0 saturated carbocycles. The molecule has 1 aliphatic heterocycles. The minimum absolute atomic E-state index is 0.121. The third kappa shape index (κ3) is 2.27. The molecule has 1 aromatic carbocycles. The van der Waals surface area contributed by atoms with Crippen molar-refractivity contribution in [3.05, 3.63) is 29.0 Å². The van der Waals surface area contributed by atoms with Crippen LogP contribution in [0.4, 0.5) is 0 Å². The molecule has 114 valence electrons. The zero-order valence-corrected chi connectivity index (χ0v) is 14.0. The summed E-state index contributed by atoms with van der Waals surface area (Å²) in [6, 6.07) is 6.39. The lowest BCUT2D eigenvalue weighted by atomic mass is 9.75. The predicted molar refractivity (Wildman–Crippen MR) is 89.1 cm³/mol. The number of hydrogen-bond donors (Lipinski definition) is 1. The summed E-state index contributed by atoms with van der Waals surface area (Å²) < 4.78 is 2.38. The van der Waals surface area contributed by atoms with Crippen molar-refractivity contribution in [2.75, 3.05) is 13.1 Å². The van der Waals surface area contributed by atoms with Gasteiger partial charge >= 0.3 is 0 Å². The minimum Gasteiger partial charge on any atom is -0.325 e. The second kappa shape index (κ2) is 5.29. The lowest BCUT2D eigenvalue weighted by Gasteiger charge is -2.33. The van der Waals surface area contributed by atoms with Crippen LogP contribution >= 0.6 is 11.6 Å². The van der Waals surface area contributed by atoms with Gasteiger partial charge in [-0.15, -0.1) is 0 Å². The number of hydrogen-bond acceptors (Lipinski definition) is 2. The summed E-state index contributed by atoms with van der Waals surface area (Å²) in [6.45, 7) is 11.1. The van der Waals surface area contributed by atoms with E-state index in [2.05, 4.69) is 37.6 Å². The molecule has 4 heteroatoms. The predicted octanol–water partition coefficient (Wildman–Crippen LogP) is 4.16. The van der Waals surface area contributed by atoms with Crippen LogP contribution in [-0.2, 0) is 5.41 Å². The van der Waals surface area contributed by atoms with Crippen LogP contribution in [0.25, 0.3) is 11.0 Å². The molecule has 21 heavy (non-hydrogen) atoms. The molecule has 3 rings (SSSR count). The molecule has 0 bridgehead atoms. The van der Waals surface area contributed by atoms with E-state index in [4.69, 9.17) is 16.6 Å². The van der Waals surface area contributed by atoms with E-state index in [0.717, 1.165) is 35.6 Å². The van der Waals surface area contributed by atoms with Gasteiger partial charge in [-0.1, -0.05) is 25.4 Å². The third-order valence-electron chi connectivity index (χ3n) is 4.91. The Bertz CT molecular complexity index is 651. The molecule has 1 unspecified atom stereocenters. The van der Waals surface area contributed by atoms with E-state index in [-0.39, 0.29) is 5.41 Å². The van der Waals surface area contributed by atoms with Crippen molar-refractivity contribution in [1.29, 1.82) is 0 Å². The van der Waals surface area contributed by atoms with Crippen molar-refractivity contribution in [3.63, 3.8) is 0 Å². The summed E-state index contributed by atoms with van der Waals surface area (Å²) in [5.74, 6) is 1.77. The SMILES string of the molecule is CC(C)n1c(C2(C(C)C)CCNC2)nc2ccc(Cl)cc21. The third-order valence-corrected chi connectivity index (χ3v) is 5.14. The maximum atomic E-state index is 6.21. The van der Waals surface area contributed by atoms with Crippen LogP contribution in [0.3, 0.4) is 0 Å². The van der Waals surface area contributed by atoms with Crippen molar-refractivity contribution in [2.24, 2.45) is 5.92 Å². The lowest BCUT2D eigenvalue weighted by Crippen LogP contribution is -2.38. The molecule has 1 atom stereocenters. The number of rotatable bonds is 3. The number of nitrogens with one attached hydrogen (secondary N) is 1. The quantitative estimate of drug-likeness (QED) is 0.923. The Labute approximate surface area is 131 Å². The van der Waals surface area contributed by atoms with Gasteiger partial charge in [0.25, 0.3) is 0 Å². The van der Waals surface area contributed by atoms with E-state index in [0.29, 0.717) is 12.0 Å². The second-order valence-corrected chi connectivity index (χ2v) is 7.21. The highest BCUT2D eigenvalue weighted by Gasteiger charge is 2.43. The fourth-order valence-corrected chi connectivity index (χ4v) is 3.76. The summed E-state index contributed by atoms with van der Waals surface area (Å²) in [6.07, 6.45) is 1.15. The fraction of sp³-hybridized carbons (Fsp3) is 0.588. The maximum absolute atomic E-state index is 6.21. The van der Waals surface area contributed by atoms with Crippen LogP contribution in [0.1, 0.15) is 46.0 Å². The van der Waals surface area contributed by atoms with Gasteiger partial charge in [-0.3, -0.25) is 0 Å². The Morgan fingerprint density at radius 1 is 1.29 bits per heavy atom. The first-order valence-corrected chi connectivity index (χ1v) is 8.22. The van der Waals surface area contributed by atoms with Crippen LogP contribution in [-0.4, -0.2) is 22.6 Å². The normalized spacial score (nSPS) is 22.8. The molecule has 2 heterocycles. The molecule has 0 spiro atoms. The van der Waals surface area contributed by atoms with E-state index in [1.165, 1.54) is 5.82 Å². The van der Waals surface area contributed by atoms with Crippen molar-refractivity contribution >= 4 is 22.6 Å². The van der Waals surface area contributed by atoms with E-state index in [9.17, 15) is 0 Å². The van der Waals surface area contributed by atoms with Crippen molar-refractivity contribution < 1.29 is 0 Å². The number of imidazole rings is 1. The molecule has 0 aliphatic carbocycles. The molecule has 1 saturated heterocycles. The highest BCUT2D eigenvalue weighted by atomic mass is 35.5. The van der Waals surface area contributed by atoms with Crippen LogP contribution in [0.5, 0.6) is 0 Å². The largest absolute Gasteiger partial charge is 0.325 e. The van der Waals surface area contributed by atoms with Crippen LogP contribution in [0, 0.1) is 5.92 Å². The molecule has 1 aromatic heterocycles. The summed E-state index contributed by atoms with van der Waals surface area (Å²) in [5, 5.41) is 4.31. The zero-order valence-electron chi connectivity index (χ0n) is 13.3. The number of nitrogens with zero attached hydrogens (tertiary/aromatic N) is 2. The van der Waals surface area contributed by atoms with E-state index in [1.54, 1.807) is 0 Å². The topological polar surface area (TPSA) is 29.9 Å². The van der Waals surface area contributed by atoms with Gasteiger partial charge in [-0.25, -0.2) is 4.98 Å². The number of aromatic nitrogens is 2. The highest BCUT2D eigenvalue weighted by Crippen LogP contribution is 2.40. The van der Waals surface area contributed by atoms with Gasteiger partial charge in [-0.05, 0) is 50.9 Å². The van der Waals surface area contributed by atoms with E-state index >= 15 is 0 Å². The van der Waals surface area contributed by atoms with Gasteiger partial charge in [0, 0.05) is 23.0 Å². The standard InChI is InChI=1S/C17H24ClN3/c1-11(2)17(7-8-19-10-17)16-20-14-6-5-13(18)9-15(14)21(16)12(3)4/h5-6,9,11-12,19H,7-8,10H2,1-4H3. The molecular weight excluding hydrogens is 282 g/mol. The fourth-order valence-electron chi connectivity index (χ4n) is 3.59. The Balaban J connectivity index is 2.28. The summed E-state index contributed by atoms with van der Waals surface area (Å²) >= 11 is 6.21. The summed E-state index contributed by atoms with van der Waals surface area (Å²) in [4.78, 5) is 5.01. The van der Waals surface area contributed by atoms with Gasteiger partial charge in [-0.2, -0.15) is 0 Å². The average molecular weight is 306 g/mol. The van der Waals surface area contributed by atoms with Crippen molar-refractivity contribution in [1.82, 2.24) is 14.9 Å². The van der Waals surface area contributed by atoms with Gasteiger partial charge in [0.05, 0.1) is 11.0 Å². The van der Waals surface area contributed by atoms with Crippen LogP contribution < -0.4 is 5.32 Å². The Kier molecular flexibility index (Phi) is 3.74. The van der Waals surface area contributed by atoms with Gasteiger partial charge < -0.3 is 9.88 Å². The number of halogens is 1. The summed E-state index contributed by atoms with van der Waals surface area (Å²) in [7, 11) is 0. The van der Waals surface area contributed by atoms with Crippen LogP contribution in [0.15, 0.2) is 18.2 Å². The lowest BCUT2D eigenvalue weighted by molar-refractivity contribution is 0.302. The second-order valence-electron chi connectivity index (χ2n) is 6.77. The van der Waals surface area contributed by atoms with Crippen LogP contribution in [0.2, 0.25) is 5.02 Å². The molecule has 0 radical (unpaired) electrons.